The second-order valence-corrected chi connectivity index (χ2v) is 4.98. The van der Waals surface area contributed by atoms with Crippen molar-refractivity contribution in [2.45, 2.75) is 33.2 Å². The monoisotopic (exact) mass is 294 g/mol. The van der Waals surface area contributed by atoms with Gasteiger partial charge in [0, 0.05) is 11.6 Å². The van der Waals surface area contributed by atoms with Gasteiger partial charge in [0.05, 0.1) is 5.69 Å². The van der Waals surface area contributed by atoms with E-state index in [4.69, 9.17) is 4.52 Å². The van der Waals surface area contributed by atoms with Crippen LogP contribution in [0.3, 0.4) is 0 Å². The number of hydrogen-bond acceptors (Lipinski definition) is 3. The second kappa shape index (κ2) is 6.03. The molecule has 6 heteroatoms. The number of halogens is 2. The molecule has 112 valence electrons. The van der Waals surface area contributed by atoms with Crippen molar-refractivity contribution in [3.8, 4) is 0 Å². The SMILES string of the molecule is Cc1noc(C)c1C(=O)N[C@H](C)Cc1c(F)cccc1F. The van der Waals surface area contributed by atoms with E-state index in [0.29, 0.717) is 17.0 Å². The van der Waals surface area contributed by atoms with Gasteiger partial charge in [0.2, 0.25) is 0 Å². The highest BCUT2D eigenvalue weighted by atomic mass is 19.1. The first-order chi connectivity index (χ1) is 9.90. The number of carbonyl (C=O) groups is 1. The maximum atomic E-state index is 13.6. The summed E-state index contributed by atoms with van der Waals surface area (Å²) in [7, 11) is 0. The van der Waals surface area contributed by atoms with Gasteiger partial charge in [-0.05, 0) is 39.3 Å². The summed E-state index contributed by atoms with van der Waals surface area (Å²) in [6.45, 7) is 4.98. The second-order valence-electron chi connectivity index (χ2n) is 4.98. The van der Waals surface area contributed by atoms with Crippen LogP contribution in [0, 0.1) is 25.5 Å². The van der Waals surface area contributed by atoms with Crippen LogP contribution in [0.5, 0.6) is 0 Å². The van der Waals surface area contributed by atoms with E-state index in [-0.39, 0.29) is 17.9 Å². The van der Waals surface area contributed by atoms with E-state index >= 15 is 0 Å². The summed E-state index contributed by atoms with van der Waals surface area (Å²) in [5.74, 6) is -1.19. The largest absolute Gasteiger partial charge is 0.361 e. The molecule has 1 heterocycles. The predicted molar refractivity (Wildman–Crippen MR) is 73.0 cm³/mol. The number of benzene rings is 1. The van der Waals surface area contributed by atoms with Crippen molar-refractivity contribution >= 4 is 5.91 Å². The van der Waals surface area contributed by atoms with Gasteiger partial charge >= 0.3 is 0 Å². The molecule has 0 bridgehead atoms. The Bertz CT molecular complexity index is 628. The molecule has 0 aliphatic rings. The number of rotatable bonds is 4. The molecule has 1 atom stereocenters. The zero-order valence-electron chi connectivity index (χ0n) is 12.0. The lowest BCUT2D eigenvalue weighted by Gasteiger charge is -2.14. The number of nitrogens with zero attached hydrogens (tertiary/aromatic N) is 1. The Labute approximate surface area is 121 Å². The summed E-state index contributed by atoms with van der Waals surface area (Å²) in [5, 5.41) is 6.40. The molecular formula is C15H16F2N2O2. The van der Waals surface area contributed by atoms with Crippen LogP contribution in [0.2, 0.25) is 0 Å². The Hall–Kier alpha value is -2.24. The number of amides is 1. The van der Waals surface area contributed by atoms with Crippen LogP contribution in [0.15, 0.2) is 22.7 Å². The standard InChI is InChI=1S/C15H16F2N2O2/c1-8(7-11-12(16)5-4-6-13(11)17)18-15(20)14-9(2)19-21-10(14)3/h4-6,8H,7H2,1-3H3,(H,18,20)/t8-/m1/s1. The van der Waals surface area contributed by atoms with E-state index < -0.39 is 17.7 Å². The fraction of sp³-hybridized carbons (Fsp3) is 0.333. The molecule has 0 saturated carbocycles. The Morgan fingerprint density at radius 1 is 1.33 bits per heavy atom. The molecule has 2 aromatic rings. The van der Waals surface area contributed by atoms with E-state index in [0.717, 1.165) is 0 Å². The zero-order valence-corrected chi connectivity index (χ0v) is 12.0. The van der Waals surface area contributed by atoms with Crippen LogP contribution in [0.4, 0.5) is 8.78 Å². The maximum Gasteiger partial charge on any atom is 0.257 e. The molecule has 0 spiro atoms. The fourth-order valence-electron chi connectivity index (χ4n) is 2.19. The van der Waals surface area contributed by atoms with Crippen molar-refractivity contribution in [3.05, 3.63) is 52.4 Å². The van der Waals surface area contributed by atoms with Crippen molar-refractivity contribution in [1.29, 1.82) is 0 Å². The van der Waals surface area contributed by atoms with Crippen LogP contribution in [0.25, 0.3) is 0 Å². The van der Waals surface area contributed by atoms with Gasteiger partial charge in [-0.3, -0.25) is 4.79 Å². The number of carbonyl (C=O) groups excluding carboxylic acids is 1. The van der Waals surface area contributed by atoms with Crippen LogP contribution >= 0.6 is 0 Å². The molecule has 21 heavy (non-hydrogen) atoms. The average molecular weight is 294 g/mol. The highest BCUT2D eigenvalue weighted by molar-refractivity contribution is 5.96. The summed E-state index contributed by atoms with van der Waals surface area (Å²) in [6.07, 6.45) is 0.0631. The molecule has 0 fully saturated rings. The molecule has 4 nitrogen and oxygen atoms in total. The number of aromatic nitrogens is 1. The lowest BCUT2D eigenvalue weighted by atomic mass is 10.1. The van der Waals surface area contributed by atoms with Gasteiger partial charge in [-0.1, -0.05) is 11.2 Å². The van der Waals surface area contributed by atoms with E-state index in [1.807, 2.05) is 0 Å². The highest BCUT2D eigenvalue weighted by Crippen LogP contribution is 2.16. The van der Waals surface area contributed by atoms with Crippen molar-refractivity contribution in [3.63, 3.8) is 0 Å². The summed E-state index contributed by atoms with van der Waals surface area (Å²) in [5.41, 5.74) is 0.800. The zero-order chi connectivity index (χ0) is 15.6. The van der Waals surface area contributed by atoms with Gasteiger partial charge in [0.25, 0.3) is 5.91 Å². The first kappa shape index (κ1) is 15.2. The Balaban J connectivity index is 2.09. The first-order valence-corrected chi connectivity index (χ1v) is 6.56. The molecule has 0 saturated heterocycles. The van der Waals surface area contributed by atoms with Gasteiger partial charge in [-0.15, -0.1) is 0 Å². The van der Waals surface area contributed by atoms with Crippen LogP contribution < -0.4 is 5.32 Å². The quantitative estimate of drug-likeness (QED) is 0.943. The molecule has 1 aromatic carbocycles. The van der Waals surface area contributed by atoms with Gasteiger partial charge in [0.15, 0.2) is 0 Å². The van der Waals surface area contributed by atoms with Crippen LogP contribution in [-0.2, 0) is 6.42 Å². The third-order valence-corrected chi connectivity index (χ3v) is 3.21. The minimum Gasteiger partial charge on any atom is -0.361 e. The van der Waals surface area contributed by atoms with Crippen LogP contribution in [0.1, 0.15) is 34.3 Å². The summed E-state index contributed by atoms with van der Waals surface area (Å²) < 4.78 is 32.1. The summed E-state index contributed by atoms with van der Waals surface area (Å²) in [6, 6.07) is 3.27. The van der Waals surface area contributed by atoms with Crippen molar-refractivity contribution in [2.24, 2.45) is 0 Å². The number of aryl methyl sites for hydroxylation is 2. The molecule has 2 rings (SSSR count). The number of hydrogen-bond donors (Lipinski definition) is 1. The maximum absolute atomic E-state index is 13.6. The molecule has 0 aliphatic heterocycles. The molecule has 1 N–H and O–H groups in total. The van der Waals surface area contributed by atoms with Crippen LogP contribution in [-0.4, -0.2) is 17.1 Å². The molecule has 1 aromatic heterocycles. The number of nitrogens with one attached hydrogen (secondary N) is 1. The molecular weight excluding hydrogens is 278 g/mol. The molecule has 0 aliphatic carbocycles. The molecule has 0 radical (unpaired) electrons. The lowest BCUT2D eigenvalue weighted by Crippen LogP contribution is -2.35. The van der Waals surface area contributed by atoms with Gasteiger partial charge in [-0.25, -0.2) is 8.78 Å². The van der Waals surface area contributed by atoms with Crippen molar-refractivity contribution in [2.75, 3.05) is 0 Å². The van der Waals surface area contributed by atoms with Gasteiger partial charge in [0.1, 0.15) is 23.0 Å². The first-order valence-electron chi connectivity index (χ1n) is 6.56. The molecule has 0 unspecified atom stereocenters. The topological polar surface area (TPSA) is 55.1 Å². The van der Waals surface area contributed by atoms with Gasteiger partial charge < -0.3 is 9.84 Å². The third kappa shape index (κ3) is 3.26. The minimum absolute atomic E-state index is 0.0379. The molecule has 1 amide bonds. The average Bonchev–Trinajstić information content (AvgIpc) is 2.73. The van der Waals surface area contributed by atoms with E-state index in [1.165, 1.54) is 18.2 Å². The highest BCUT2D eigenvalue weighted by Gasteiger charge is 2.20. The third-order valence-electron chi connectivity index (χ3n) is 3.21. The van der Waals surface area contributed by atoms with Crippen molar-refractivity contribution < 1.29 is 18.1 Å². The lowest BCUT2D eigenvalue weighted by molar-refractivity contribution is 0.0937. The Morgan fingerprint density at radius 3 is 2.48 bits per heavy atom. The van der Waals surface area contributed by atoms with E-state index in [9.17, 15) is 13.6 Å². The summed E-state index contributed by atoms with van der Waals surface area (Å²) >= 11 is 0. The smallest absolute Gasteiger partial charge is 0.257 e. The van der Waals surface area contributed by atoms with E-state index in [1.54, 1.807) is 20.8 Å². The van der Waals surface area contributed by atoms with Crippen molar-refractivity contribution in [1.82, 2.24) is 10.5 Å². The Morgan fingerprint density at radius 2 is 1.95 bits per heavy atom. The van der Waals surface area contributed by atoms with E-state index in [2.05, 4.69) is 10.5 Å². The fourth-order valence-corrected chi connectivity index (χ4v) is 2.19. The predicted octanol–water partition coefficient (Wildman–Crippen LogP) is 2.93. The minimum atomic E-state index is -0.617. The normalized spacial score (nSPS) is 12.2. The van der Waals surface area contributed by atoms with Gasteiger partial charge in [-0.2, -0.15) is 0 Å². The summed E-state index contributed by atoms with van der Waals surface area (Å²) in [4.78, 5) is 12.1. The Kier molecular flexibility index (Phi) is 4.35.